The van der Waals surface area contributed by atoms with Crippen LogP contribution < -0.4 is 10.6 Å². The standard InChI is InChI=1S/C20H13Cl2F4N3O2/c1-10-5-17(20(24,25)26)27-19(31)29(10)16-6-11(3-4-15(16)22)18(30)28(2)14-8-12(21)7-13(23)9-14/h3-9H,1-2H3. The molecule has 3 aromatic rings. The van der Waals surface area contributed by atoms with Crippen LogP contribution in [0.2, 0.25) is 10.0 Å². The molecule has 3 rings (SSSR count). The van der Waals surface area contributed by atoms with Crippen molar-refractivity contribution in [3.8, 4) is 5.69 Å². The summed E-state index contributed by atoms with van der Waals surface area (Å²) in [6.45, 7) is 1.28. The van der Waals surface area contributed by atoms with Gasteiger partial charge in [0.15, 0.2) is 5.69 Å². The van der Waals surface area contributed by atoms with E-state index in [1.165, 1.54) is 38.2 Å². The molecule has 0 spiro atoms. The SMILES string of the molecule is Cc1cc(C(F)(F)F)nc(=O)n1-c1cc(C(=O)N(C)c2cc(F)cc(Cl)c2)ccc1Cl. The number of hydrogen-bond acceptors (Lipinski definition) is 3. The number of aromatic nitrogens is 2. The zero-order valence-electron chi connectivity index (χ0n) is 16.0. The quantitative estimate of drug-likeness (QED) is 0.486. The van der Waals surface area contributed by atoms with Crippen LogP contribution in [-0.2, 0) is 6.18 Å². The van der Waals surface area contributed by atoms with Gasteiger partial charge in [-0.3, -0.25) is 9.36 Å². The lowest BCUT2D eigenvalue weighted by Crippen LogP contribution is -2.29. The lowest BCUT2D eigenvalue weighted by Gasteiger charge is -2.19. The van der Waals surface area contributed by atoms with Crippen molar-refractivity contribution in [3.05, 3.63) is 85.8 Å². The van der Waals surface area contributed by atoms with E-state index in [0.717, 1.165) is 21.6 Å². The molecule has 0 fully saturated rings. The van der Waals surface area contributed by atoms with E-state index < -0.39 is 29.3 Å². The van der Waals surface area contributed by atoms with Gasteiger partial charge in [0, 0.05) is 29.0 Å². The van der Waals surface area contributed by atoms with Gasteiger partial charge in [-0.15, -0.1) is 0 Å². The minimum Gasteiger partial charge on any atom is -0.311 e. The first-order valence-corrected chi connectivity index (χ1v) is 9.36. The van der Waals surface area contributed by atoms with Crippen LogP contribution in [0.25, 0.3) is 5.69 Å². The lowest BCUT2D eigenvalue weighted by molar-refractivity contribution is -0.141. The van der Waals surface area contributed by atoms with E-state index in [0.29, 0.717) is 6.07 Å². The highest BCUT2D eigenvalue weighted by Gasteiger charge is 2.34. The molecule has 0 bridgehead atoms. The number of carbonyl (C=O) groups excluding carboxylic acids is 1. The highest BCUT2D eigenvalue weighted by atomic mass is 35.5. The first-order valence-electron chi connectivity index (χ1n) is 8.60. The second-order valence-corrected chi connectivity index (χ2v) is 7.40. The van der Waals surface area contributed by atoms with E-state index in [4.69, 9.17) is 23.2 Å². The molecule has 0 aliphatic carbocycles. The maximum atomic E-state index is 13.6. The predicted molar refractivity (Wildman–Crippen MR) is 109 cm³/mol. The molecular weight excluding hydrogens is 461 g/mol. The van der Waals surface area contributed by atoms with Crippen LogP contribution >= 0.6 is 23.2 Å². The predicted octanol–water partition coefficient (Wildman–Crippen LogP) is 5.28. The van der Waals surface area contributed by atoms with Gasteiger partial charge < -0.3 is 4.90 Å². The zero-order valence-corrected chi connectivity index (χ0v) is 17.5. The van der Waals surface area contributed by atoms with Crippen LogP contribution in [0.1, 0.15) is 21.7 Å². The summed E-state index contributed by atoms with van der Waals surface area (Å²) in [6, 6.07) is 8.20. The molecule has 1 amide bonds. The maximum Gasteiger partial charge on any atom is 0.433 e. The van der Waals surface area contributed by atoms with E-state index in [9.17, 15) is 27.2 Å². The van der Waals surface area contributed by atoms with Crippen LogP contribution in [0, 0.1) is 12.7 Å². The Kier molecular flexibility index (Phi) is 6.11. The Balaban J connectivity index is 2.07. The molecule has 1 heterocycles. The van der Waals surface area contributed by atoms with Crippen molar-refractivity contribution >= 4 is 34.8 Å². The maximum absolute atomic E-state index is 13.6. The van der Waals surface area contributed by atoms with Crippen molar-refractivity contribution in [1.29, 1.82) is 0 Å². The number of alkyl halides is 3. The molecule has 0 saturated heterocycles. The van der Waals surface area contributed by atoms with Crippen LogP contribution in [0.5, 0.6) is 0 Å². The summed E-state index contributed by atoms with van der Waals surface area (Å²) >= 11 is 12.0. The third-order valence-corrected chi connectivity index (χ3v) is 4.91. The van der Waals surface area contributed by atoms with Crippen LogP contribution in [-0.4, -0.2) is 22.5 Å². The Bertz CT molecular complexity index is 1220. The minimum atomic E-state index is -4.79. The van der Waals surface area contributed by atoms with Gasteiger partial charge in [-0.05, 0) is 49.4 Å². The van der Waals surface area contributed by atoms with E-state index in [2.05, 4.69) is 4.98 Å². The van der Waals surface area contributed by atoms with E-state index in [-0.39, 0.29) is 32.7 Å². The summed E-state index contributed by atoms with van der Waals surface area (Å²) in [5.41, 5.74) is -2.42. The number of rotatable bonds is 3. The largest absolute Gasteiger partial charge is 0.433 e. The van der Waals surface area contributed by atoms with Crippen molar-refractivity contribution in [3.63, 3.8) is 0 Å². The van der Waals surface area contributed by atoms with Crippen LogP contribution in [0.15, 0.2) is 47.3 Å². The van der Waals surface area contributed by atoms with Crippen molar-refractivity contribution in [2.75, 3.05) is 11.9 Å². The average Bonchev–Trinajstić information content (AvgIpc) is 2.66. The fraction of sp³-hybridized carbons (Fsp3) is 0.150. The Hall–Kier alpha value is -2.91. The second kappa shape index (κ2) is 8.32. The summed E-state index contributed by atoms with van der Waals surface area (Å²) < 4.78 is 53.2. The normalized spacial score (nSPS) is 11.5. The van der Waals surface area contributed by atoms with Gasteiger partial charge >= 0.3 is 11.9 Å². The molecule has 5 nitrogen and oxygen atoms in total. The summed E-state index contributed by atoms with van der Waals surface area (Å²) in [5.74, 6) is -1.23. The highest BCUT2D eigenvalue weighted by Crippen LogP contribution is 2.29. The number of benzene rings is 2. The first-order chi connectivity index (χ1) is 14.4. The molecule has 0 unspecified atom stereocenters. The Labute approximate surface area is 183 Å². The molecule has 2 aromatic carbocycles. The number of aryl methyl sites for hydroxylation is 1. The van der Waals surface area contributed by atoms with Gasteiger partial charge in [-0.2, -0.15) is 18.2 Å². The van der Waals surface area contributed by atoms with Gasteiger partial charge in [-0.1, -0.05) is 23.2 Å². The smallest absolute Gasteiger partial charge is 0.311 e. The van der Waals surface area contributed by atoms with Gasteiger partial charge in [-0.25, -0.2) is 9.18 Å². The number of amides is 1. The van der Waals surface area contributed by atoms with Gasteiger partial charge in [0.25, 0.3) is 5.91 Å². The molecule has 162 valence electrons. The third-order valence-electron chi connectivity index (χ3n) is 4.37. The Morgan fingerprint density at radius 1 is 1.10 bits per heavy atom. The van der Waals surface area contributed by atoms with Crippen molar-refractivity contribution in [2.24, 2.45) is 0 Å². The van der Waals surface area contributed by atoms with Crippen LogP contribution in [0.3, 0.4) is 0 Å². The molecule has 0 atom stereocenters. The molecular formula is C20H13Cl2F4N3O2. The van der Waals surface area contributed by atoms with E-state index in [1.54, 1.807) is 0 Å². The highest BCUT2D eigenvalue weighted by molar-refractivity contribution is 6.32. The van der Waals surface area contributed by atoms with Crippen molar-refractivity contribution in [2.45, 2.75) is 13.1 Å². The number of halogens is 6. The lowest BCUT2D eigenvalue weighted by atomic mass is 10.1. The van der Waals surface area contributed by atoms with Gasteiger partial charge in [0.1, 0.15) is 5.82 Å². The van der Waals surface area contributed by atoms with E-state index in [1.807, 2.05) is 0 Å². The minimum absolute atomic E-state index is 0.0137. The fourth-order valence-electron chi connectivity index (χ4n) is 2.90. The molecule has 11 heteroatoms. The number of hydrogen-bond donors (Lipinski definition) is 0. The monoisotopic (exact) mass is 473 g/mol. The van der Waals surface area contributed by atoms with Crippen molar-refractivity contribution in [1.82, 2.24) is 9.55 Å². The van der Waals surface area contributed by atoms with E-state index >= 15 is 0 Å². The summed E-state index contributed by atoms with van der Waals surface area (Å²) in [7, 11) is 1.39. The fourth-order valence-corrected chi connectivity index (χ4v) is 3.32. The summed E-state index contributed by atoms with van der Waals surface area (Å²) in [4.78, 5) is 29.4. The van der Waals surface area contributed by atoms with Crippen LogP contribution in [0.4, 0.5) is 23.2 Å². The number of anilines is 1. The molecule has 0 saturated carbocycles. The number of nitrogens with zero attached hydrogens (tertiary/aromatic N) is 3. The number of carbonyl (C=O) groups is 1. The zero-order chi connectivity index (χ0) is 23.1. The topological polar surface area (TPSA) is 55.2 Å². The summed E-state index contributed by atoms with van der Waals surface area (Å²) in [6.07, 6.45) is -4.79. The van der Waals surface area contributed by atoms with Gasteiger partial charge in [0.05, 0.1) is 10.7 Å². The molecule has 0 radical (unpaired) electrons. The Morgan fingerprint density at radius 2 is 1.77 bits per heavy atom. The average molecular weight is 474 g/mol. The molecule has 31 heavy (non-hydrogen) atoms. The first kappa shape index (κ1) is 22.8. The Morgan fingerprint density at radius 3 is 2.35 bits per heavy atom. The molecule has 0 N–H and O–H groups in total. The third kappa shape index (κ3) is 4.72. The second-order valence-electron chi connectivity index (χ2n) is 6.56. The molecule has 0 aliphatic rings. The summed E-state index contributed by atoms with van der Waals surface area (Å²) in [5, 5.41) is 0.101. The molecule has 0 aliphatic heterocycles. The van der Waals surface area contributed by atoms with Crippen molar-refractivity contribution < 1.29 is 22.4 Å². The molecule has 1 aromatic heterocycles. The van der Waals surface area contributed by atoms with Gasteiger partial charge in [0.2, 0.25) is 0 Å².